The molecule has 5 nitrogen and oxygen atoms in total. The molecule has 0 bridgehead atoms. The molecular weight excluding hydrogens is 208 g/mol. The molecule has 1 unspecified atom stereocenters. The van der Waals surface area contributed by atoms with Crippen LogP contribution in [-0.4, -0.2) is 43.7 Å². The molecule has 0 amide bonds. The monoisotopic (exact) mass is 222 g/mol. The van der Waals surface area contributed by atoms with Gasteiger partial charge in [0.1, 0.15) is 0 Å². The van der Waals surface area contributed by atoms with Gasteiger partial charge in [0.15, 0.2) is 9.84 Å². The van der Waals surface area contributed by atoms with E-state index in [4.69, 9.17) is 9.84 Å². The molecule has 1 fully saturated rings. The summed E-state index contributed by atoms with van der Waals surface area (Å²) in [5.41, 5.74) is 0. The molecule has 82 valence electrons. The highest BCUT2D eigenvalue weighted by molar-refractivity contribution is 7.92. The molecule has 1 saturated heterocycles. The second-order valence-corrected chi connectivity index (χ2v) is 5.75. The molecule has 1 atom stereocenters. The lowest BCUT2D eigenvalue weighted by atomic mass is 10.2. The van der Waals surface area contributed by atoms with Gasteiger partial charge in [0.2, 0.25) is 0 Å². The number of hydrogen-bond acceptors (Lipinski definition) is 4. The molecule has 0 spiro atoms. The van der Waals surface area contributed by atoms with Gasteiger partial charge in [0, 0.05) is 6.61 Å². The van der Waals surface area contributed by atoms with Crippen molar-refractivity contribution in [3.8, 4) is 0 Å². The Balaban J connectivity index is 2.50. The molecule has 0 saturated carbocycles. The smallest absolute Gasteiger partial charge is 0.304 e. The summed E-state index contributed by atoms with van der Waals surface area (Å²) < 4.78 is 28.1. The van der Waals surface area contributed by atoms with E-state index in [0.29, 0.717) is 13.0 Å². The first-order valence-electron chi connectivity index (χ1n) is 4.53. The summed E-state index contributed by atoms with van der Waals surface area (Å²) >= 11 is 0. The minimum absolute atomic E-state index is 0.210. The maximum Gasteiger partial charge on any atom is 0.304 e. The second kappa shape index (κ2) is 4.75. The average molecular weight is 222 g/mol. The van der Waals surface area contributed by atoms with Crippen molar-refractivity contribution < 1.29 is 23.1 Å². The minimum Gasteiger partial charge on any atom is -0.481 e. The zero-order valence-electron chi connectivity index (χ0n) is 7.81. The van der Waals surface area contributed by atoms with E-state index < -0.39 is 21.1 Å². The Morgan fingerprint density at radius 3 is 2.71 bits per heavy atom. The fourth-order valence-corrected chi connectivity index (χ4v) is 3.01. The van der Waals surface area contributed by atoms with Gasteiger partial charge >= 0.3 is 5.97 Å². The predicted octanol–water partition coefficient (Wildman–Crippen LogP) is 0.0549. The van der Waals surface area contributed by atoms with E-state index in [1.165, 1.54) is 0 Å². The van der Waals surface area contributed by atoms with Crippen LogP contribution in [0.1, 0.15) is 19.3 Å². The molecule has 1 heterocycles. The SMILES string of the molecule is O=C(O)CCS(=O)(=O)C1CCCOC1. The maximum atomic E-state index is 11.5. The van der Waals surface area contributed by atoms with E-state index in [2.05, 4.69) is 0 Å². The second-order valence-electron chi connectivity index (χ2n) is 3.35. The van der Waals surface area contributed by atoms with Gasteiger partial charge in [-0.05, 0) is 12.8 Å². The highest BCUT2D eigenvalue weighted by Crippen LogP contribution is 2.15. The molecule has 1 rings (SSSR count). The first kappa shape index (κ1) is 11.5. The van der Waals surface area contributed by atoms with Crippen LogP contribution in [0, 0.1) is 0 Å². The van der Waals surface area contributed by atoms with Gasteiger partial charge in [-0.15, -0.1) is 0 Å². The summed E-state index contributed by atoms with van der Waals surface area (Å²) in [6.45, 7) is 0.812. The molecule has 0 radical (unpaired) electrons. The van der Waals surface area contributed by atoms with Crippen molar-refractivity contribution in [3.05, 3.63) is 0 Å². The Labute approximate surface area is 83.0 Å². The molecule has 0 aromatic rings. The van der Waals surface area contributed by atoms with E-state index in [0.717, 1.165) is 6.42 Å². The Morgan fingerprint density at radius 1 is 1.50 bits per heavy atom. The molecular formula is C8H14O5S. The molecule has 0 aromatic carbocycles. The van der Waals surface area contributed by atoms with E-state index in [1.54, 1.807) is 0 Å². The van der Waals surface area contributed by atoms with Crippen molar-refractivity contribution >= 4 is 15.8 Å². The normalized spacial score (nSPS) is 23.3. The maximum absolute atomic E-state index is 11.5. The summed E-state index contributed by atoms with van der Waals surface area (Å²) in [7, 11) is -3.28. The Bertz CT molecular complexity index is 289. The number of ether oxygens (including phenoxy) is 1. The average Bonchev–Trinajstić information content (AvgIpc) is 2.16. The minimum atomic E-state index is -3.28. The van der Waals surface area contributed by atoms with Crippen LogP contribution in [0.25, 0.3) is 0 Å². The Morgan fingerprint density at radius 2 is 2.21 bits per heavy atom. The third-order valence-electron chi connectivity index (χ3n) is 2.23. The highest BCUT2D eigenvalue weighted by Gasteiger charge is 2.28. The largest absolute Gasteiger partial charge is 0.481 e. The van der Waals surface area contributed by atoms with Crippen LogP contribution in [0.4, 0.5) is 0 Å². The summed E-state index contributed by atoms with van der Waals surface area (Å²) in [6.07, 6.45) is 0.998. The van der Waals surface area contributed by atoms with E-state index >= 15 is 0 Å². The van der Waals surface area contributed by atoms with Gasteiger partial charge in [-0.25, -0.2) is 8.42 Å². The van der Waals surface area contributed by atoms with Gasteiger partial charge in [0.05, 0.1) is 24.0 Å². The van der Waals surface area contributed by atoms with Crippen LogP contribution in [0.5, 0.6) is 0 Å². The first-order valence-corrected chi connectivity index (χ1v) is 6.25. The van der Waals surface area contributed by atoms with Crippen LogP contribution in [0.2, 0.25) is 0 Å². The summed E-state index contributed by atoms with van der Waals surface area (Å²) in [6, 6.07) is 0. The molecule has 1 aliphatic heterocycles. The van der Waals surface area contributed by atoms with Gasteiger partial charge < -0.3 is 9.84 Å². The summed E-state index contributed by atoms with van der Waals surface area (Å²) in [5.74, 6) is -1.36. The predicted molar refractivity (Wildman–Crippen MR) is 49.9 cm³/mol. The van der Waals surface area contributed by atoms with Gasteiger partial charge in [-0.3, -0.25) is 4.79 Å². The number of rotatable bonds is 4. The topological polar surface area (TPSA) is 80.7 Å². The molecule has 1 N–H and O–H groups in total. The summed E-state index contributed by atoms with van der Waals surface area (Å²) in [4.78, 5) is 10.2. The number of carbonyl (C=O) groups is 1. The van der Waals surface area contributed by atoms with E-state index in [1.807, 2.05) is 0 Å². The molecule has 0 aromatic heterocycles. The summed E-state index contributed by atoms with van der Waals surface area (Å²) in [5, 5.41) is 7.88. The Kier molecular flexibility index (Phi) is 3.88. The van der Waals surface area contributed by atoms with Crippen molar-refractivity contribution in [2.45, 2.75) is 24.5 Å². The lowest BCUT2D eigenvalue weighted by molar-refractivity contribution is -0.136. The van der Waals surface area contributed by atoms with Crippen LogP contribution in [-0.2, 0) is 19.4 Å². The third-order valence-corrected chi connectivity index (χ3v) is 4.39. The standard InChI is InChI=1S/C8H14O5S/c9-8(10)3-5-14(11,12)7-2-1-4-13-6-7/h7H,1-6H2,(H,9,10). The fraction of sp³-hybridized carbons (Fsp3) is 0.875. The van der Waals surface area contributed by atoms with Crippen molar-refractivity contribution in [3.63, 3.8) is 0 Å². The van der Waals surface area contributed by atoms with E-state index in [-0.39, 0.29) is 18.8 Å². The quantitative estimate of drug-likeness (QED) is 0.727. The van der Waals surface area contributed by atoms with Crippen LogP contribution < -0.4 is 0 Å². The molecule has 14 heavy (non-hydrogen) atoms. The van der Waals surface area contributed by atoms with Gasteiger partial charge in [-0.2, -0.15) is 0 Å². The number of aliphatic carboxylic acids is 1. The Hall–Kier alpha value is -0.620. The van der Waals surface area contributed by atoms with Gasteiger partial charge in [0.25, 0.3) is 0 Å². The number of sulfone groups is 1. The zero-order valence-corrected chi connectivity index (χ0v) is 8.62. The third kappa shape index (κ3) is 3.26. The van der Waals surface area contributed by atoms with Crippen LogP contribution in [0.15, 0.2) is 0 Å². The zero-order chi connectivity index (χ0) is 10.6. The number of hydrogen-bond donors (Lipinski definition) is 1. The molecule has 6 heteroatoms. The van der Waals surface area contributed by atoms with Crippen molar-refractivity contribution in [1.82, 2.24) is 0 Å². The van der Waals surface area contributed by atoms with Crippen LogP contribution >= 0.6 is 0 Å². The lowest BCUT2D eigenvalue weighted by Gasteiger charge is -2.21. The number of carboxylic acid groups (broad SMARTS) is 1. The fourth-order valence-electron chi connectivity index (χ4n) is 1.39. The van der Waals surface area contributed by atoms with Crippen molar-refractivity contribution in [1.29, 1.82) is 0 Å². The van der Waals surface area contributed by atoms with E-state index in [9.17, 15) is 13.2 Å². The molecule has 1 aliphatic rings. The van der Waals surface area contributed by atoms with Crippen molar-refractivity contribution in [2.75, 3.05) is 19.0 Å². The van der Waals surface area contributed by atoms with Crippen molar-refractivity contribution in [2.24, 2.45) is 0 Å². The lowest BCUT2D eigenvalue weighted by Crippen LogP contribution is -2.33. The van der Waals surface area contributed by atoms with Crippen LogP contribution in [0.3, 0.4) is 0 Å². The molecule has 0 aliphatic carbocycles. The number of carboxylic acids is 1. The first-order chi connectivity index (χ1) is 6.52. The van der Waals surface area contributed by atoms with Gasteiger partial charge in [-0.1, -0.05) is 0 Å². The highest BCUT2D eigenvalue weighted by atomic mass is 32.2.